The molecular weight excluding hydrogens is 192 g/mol. The van der Waals surface area contributed by atoms with Crippen molar-refractivity contribution >= 4 is 0 Å². The van der Waals surface area contributed by atoms with Crippen molar-refractivity contribution in [2.24, 2.45) is 22.2 Å². The van der Waals surface area contributed by atoms with Gasteiger partial charge in [-0.3, -0.25) is 0 Å². The third-order valence-electron chi connectivity index (χ3n) is 6.51. The minimum atomic E-state index is 0.381. The predicted octanol–water partition coefficient (Wildman–Crippen LogP) is 5.91. The van der Waals surface area contributed by atoms with Crippen molar-refractivity contribution in [3.63, 3.8) is 0 Å². The molecule has 0 nitrogen and oxygen atoms in total. The summed E-state index contributed by atoms with van der Waals surface area (Å²) in [7, 11) is 0. The van der Waals surface area contributed by atoms with Gasteiger partial charge in [-0.1, -0.05) is 75.2 Å². The van der Waals surface area contributed by atoms with Crippen LogP contribution < -0.4 is 0 Å². The van der Waals surface area contributed by atoms with Gasteiger partial charge in [-0.25, -0.2) is 0 Å². The van der Waals surface area contributed by atoms with Crippen molar-refractivity contribution in [3.05, 3.63) is 0 Å². The Labute approximate surface area is 104 Å². The molecule has 0 aliphatic rings. The first-order chi connectivity index (χ1) is 7.13. The summed E-state index contributed by atoms with van der Waals surface area (Å²) in [4.78, 5) is 0. The highest BCUT2D eigenvalue weighted by atomic mass is 14.6. The Balaban J connectivity index is 5.46. The molecule has 0 radical (unpaired) electrons. The SMILES string of the molecule is CCC(C)(CC)C(C)(C)C(C)(CC)C(C)C. The largest absolute Gasteiger partial charge is 0.0648 e. The van der Waals surface area contributed by atoms with Crippen molar-refractivity contribution in [1.29, 1.82) is 0 Å². The van der Waals surface area contributed by atoms with Gasteiger partial charge < -0.3 is 0 Å². The molecule has 0 heterocycles. The standard InChI is InChI=1S/C16H34/c1-10-15(8,11-2)14(6,7)16(9,12-3)13(4)5/h13H,10-12H2,1-9H3. The van der Waals surface area contributed by atoms with Crippen LogP contribution in [0.1, 0.15) is 81.6 Å². The van der Waals surface area contributed by atoms with E-state index in [0.717, 1.165) is 5.92 Å². The number of rotatable bonds is 6. The van der Waals surface area contributed by atoms with Crippen LogP contribution >= 0.6 is 0 Å². The highest BCUT2D eigenvalue weighted by molar-refractivity contribution is 5.00. The molecule has 0 rings (SSSR count). The average molecular weight is 226 g/mol. The minimum Gasteiger partial charge on any atom is -0.0648 e. The molecule has 0 N–H and O–H groups in total. The lowest BCUT2D eigenvalue weighted by Crippen LogP contribution is -2.49. The lowest BCUT2D eigenvalue weighted by Gasteiger charge is -2.57. The second-order valence-electron chi connectivity index (χ2n) is 6.82. The maximum absolute atomic E-state index is 2.49. The molecular formula is C16H34. The van der Waals surface area contributed by atoms with Gasteiger partial charge in [0.25, 0.3) is 0 Å². The fourth-order valence-corrected chi connectivity index (χ4v) is 3.40. The van der Waals surface area contributed by atoms with Crippen LogP contribution in [0.3, 0.4) is 0 Å². The van der Waals surface area contributed by atoms with Crippen molar-refractivity contribution < 1.29 is 0 Å². The molecule has 0 fully saturated rings. The van der Waals surface area contributed by atoms with Gasteiger partial charge in [0.05, 0.1) is 0 Å². The molecule has 0 saturated heterocycles. The zero-order chi connectivity index (χ0) is 13.2. The summed E-state index contributed by atoms with van der Waals surface area (Å²) in [6.07, 6.45) is 3.82. The summed E-state index contributed by atoms with van der Waals surface area (Å²) >= 11 is 0. The van der Waals surface area contributed by atoms with E-state index in [2.05, 4.69) is 62.3 Å². The number of hydrogen-bond acceptors (Lipinski definition) is 0. The average Bonchev–Trinajstić information content (AvgIpc) is 2.25. The smallest absolute Gasteiger partial charge is 0.0244 e. The van der Waals surface area contributed by atoms with E-state index in [9.17, 15) is 0 Å². The molecule has 0 heteroatoms. The van der Waals surface area contributed by atoms with E-state index < -0.39 is 0 Å². The van der Waals surface area contributed by atoms with Gasteiger partial charge in [-0.2, -0.15) is 0 Å². The molecule has 0 aromatic rings. The Hall–Kier alpha value is 0. The molecule has 0 spiro atoms. The van der Waals surface area contributed by atoms with Gasteiger partial charge in [0, 0.05) is 0 Å². The van der Waals surface area contributed by atoms with Crippen LogP contribution in [0.25, 0.3) is 0 Å². The molecule has 16 heavy (non-hydrogen) atoms. The lowest BCUT2D eigenvalue weighted by atomic mass is 9.48. The predicted molar refractivity (Wildman–Crippen MR) is 75.7 cm³/mol. The van der Waals surface area contributed by atoms with E-state index in [1.807, 2.05) is 0 Å². The van der Waals surface area contributed by atoms with Crippen molar-refractivity contribution in [3.8, 4) is 0 Å². The summed E-state index contributed by atoms with van der Waals surface area (Å²) in [6.45, 7) is 21.8. The van der Waals surface area contributed by atoms with Gasteiger partial charge >= 0.3 is 0 Å². The summed E-state index contributed by atoms with van der Waals surface area (Å²) < 4.78 is 0. The third kappa shape index (κ3) is 2.17. The van der Waals surface area contributed by atoms with Gasteiger partial charge in [0.2, 0.25) is 0 Å². The first kappa shape index (κ1) is 16.0. The van der Waals surface area contributed by atoms with Crippen molar-refractivity contribution in [2.75, 3.05) is 0 Å². The monoisotopic (exact) mass is 226 g/mol. The van der Waals surface area contributed by atoms with Crippen molar-refractivity contribution in [1.82, 2.24) is 0 Å². The Bertz CT molecular complexity index is 208. The van der Waals surface area contributed by atoms with E-state index >= 15 is 0 Å². The Morgan fingerprint density at radius 2 is 1.12 bits per heavy atom. The maximum Gasteiger partial charge on any atom is -0.0244 e. The fourth-order valence-electron chi connectivity index (χ4n) is 3.40. The van der Waals surface area contributed by atoms with Crippen molar-refractivity contribution in [2.45, 2.75) is 81.6 Å². The zero-order valence-corrected chi connectivity index (χ0v) is 13.2. The highest BCUT2D eigenvalue weighted by Crippen LogP contribution is 2.59. The van der Waals surface area contributed by atoms with Crippen LogP contribution in [-0.4, -0.2) is 0 Å². The second kappa shape index (κ2) is 5.10. The molecule has 1 unspecified atom stereocenters. The second-order valence-corrected chi connectivity index (χ2v) is 6.82. The first-order valence-electron chi connectivity index (χ1n) is 7.13. The number of hydrogen-bond donors (Lipinski definition) is 0. The van der Waals surface area contributed by atoms with Gasteiger partial charge in [0.1, 0.15) is 0 Å². The third-order valence-corrected chi connectivity index (χ3v) is 6.51. The molecule has 98 valence electrons. The normalized spacial score (nSPS) is 17.6. The zero-order valence-electron chi connectivity index (χ0n) is 13.2. The van der Waals surface area contributed by atoms with Crippen LogP contribution in [0.2, 0.25) is 0 Å². The summed E-state index contributed by atoms with van der Waals surface area (Å²) in [5.74, 6) is 0.741. The lowest BCUT2D eigenvalue weighted by molar-refractivity contribution is -0.0778. The summed E-state index contributed by atoms with van der Waals surface area (Å²) in [5.41, 5.74) is 1.25. The molecule has 0 amide bonds. The highest BCUT2D eigenvalue weighted by Gasteiger charge is 2.51. The van der Waals surface area contributed by atoms with Gasteiger partial charge in [-0.05, 0) is 28.6 Å². The molecule has 0 saturated carbocycles. The van der Waals surface area contributed by atoms with Gasteiger partial charge in [0.15, 0.2) is 0 Å². The van der Waals surface area contributed by atoms with E-state index in [1.54, 1.807) is 0 Å². The molecule has 0 aromatic carbocycles. The Morgan fingerprint density at radius 1 is 0.750 bits per heavy atom. The fraction of sp³-hybridized carbons (Fsp3) is 1.00. The van der Waals surface area contributed by atoms with Crippen LogP contribution in [0.4, 0.5) is 0 Å². The van der Waals surface area contributed by atoms with E-state index in [-0.39, 0.29) is 0 Å². The van der Waals surface area contributed by atoms with E-state index in [0.29, 0.717) is 16.2 Å². The Kier molecular flexibility index (Phi) is 5.10. The van der Waals surface area contributed by atoms with Crippen LogP contribution in [0.5, 0.6) is 0 Å². The van der Waals surface area contributed by atoms with E-state index in [1.165, 1.54) is 19.3 Å². The molecule has 0 aliphatic carbocycles. The summed E-state index contributed by atoms with van der Waals surface area (Å²) in [5, 5.41) is 0. The van der Waals surface area contributed by atoms with Crippen LogP contribution in [0.15, 0.2) is 0 Å². The van der Waals surface area contributed by atoms with E-state index in [4.69, 9.17) is 0 Å². The molecule has 1 atom stereocenters. The molecule has 0 bridgehead atoms. The summed E-state index contributed by atoms with van der Waals surface area (Å²) in [6, 6.07) is 0. The Morgan fingerprint density at radius 3 is 1.31 bits per heavy atom. The first-order valence-corrected chi connectivity index (χ1v) is 7.13. The minimum absolute atomic E-state index is 0.381. The topological polar surface area (TPSA) is 0 Å². The maximum atomic E-state index is 2.49. The van der Waals surface area contributed by atoms with Crippen LogP contribution in [0, 0.1) is 22.2 Å². The van der Waals surface area contributed by atoms with Crippen LogP contribution in [-0.2, 0) is 0 Å². The molecule has 0 aromatic heterocycles. The molecule has 0 aliphatic heterocycles. The van der Waals surface area contributed by atoms with Gasteiger partial charge in [-0.15, -0.1) is 0 Å². The quantitative estimate of drug-likeness (QED) is 0.528.